The van der Waals surface area contributed by atoms with Crippen LogP contribution >= 0.6 is 0 Å². The highest BCUT2D eigenvalue weighted by atomic mass is 19.1. The smallest absolute Gasteiger partial charge is 0.128 e. The number of benzene rings is 1. The molecule has 18 heavy (non-hydrogen) atoms. The van der Waals surface area contributed by atoms with Crippen molar-refractivity contribution in [1.82, 2.24) is 5.32 Å². The molecule has 1 aromatic carbocycles. The van der Waals surface area contributed by atoms with E-state index < -0.39 is 0 Å². The first-order chi connectivity index (χ1) is 8.58. The lowest BCUT2D eigenvalue weighted by atomic mass is 10.0. The minimum absolute atomic E-state index is 0.163. The number of hydrogen-bond acceptors (Lipinski definition) is 1. The van der Waals surface area contributed by atoms with Crippen molar-refractivity contribution in [3.8, 4) is 0 Å². The summed E-state index contributed by atoms with van der Waals surface area (Å²) in [7, 11) is 0. The molecule has 0 aromatic heterocycles. The first-order valence-corrected chi connectivity index (χ1v) is 6.79. The van der Waals surface area contributed by atoms with Crippen molar-refractivity contribution in [2.24, 2.45) is 0 Å². The van der Waals surface area contributed by atoms with E-state index >= 15 is 0 Å². The van der Waals surface area contributed by atoms with Gasteiger partial charge in [0.1, 0.15) is 11.6 Å². The maximum Gasteiger partial charge on any atom is 0.128 e. The number of halogens is 2. The molecule has 3 heteroatoms. The molecule has 0 radical (unpaired) electrons. The molecular weight excluding hydrogens is 232 g/mol. The Labute approximate surface area is 109 Å². The summed E-state index contributed by atoms with van der Waals surface area (Å²) in [6.07, 6.45) is 4.32. The average Bonchev–Trinajstić information content (AvgIpc) is 2.33. The second-order valence-corrected chi connectivity index (χ2v) is 4.83. The molecule has 102 valence electrons. The SMILES string of the molecule is CCCC(CCC)NC(C)c1cc(F)ccc1F. The van der Waals surface area contributed by atoms with Crippen molar-refractivity contribution >= 4 is 0 Å². The minimum Gasteiger partial charge on any atom is -0.307 e. The van der Waals surface area contributed by atoms with Crippen LogP contribution in [-0.4, -0.2) is 6.04 Å². The van der Waals surface area contributed by atoms with E-state index in [9.17, 15) is 8.78 Å². The molecule has 0 spiro atoms. The lowest BCUT2D eigenvalue weighted by molar-refractivity contribution is 0.394. The van der Waals surface area contributed by atoms with Crippen molar-refractivity contribution in [2.45, 2.75) is 58.5 Å². The fourth-order valence-corrected chi connectivity index (χ4v) is 2.30. The molecule has 0 bridgehead atoms. The first-order valence-electron chi connectivity index (χ1n) is 6.79. The van der Waals surface area contributed by atoms with Gasteiger partial charge < -0.3 is 5.32 Å². The van der Waals surface area contributed by atoms with Crippen molar-refractivity contribution in [1.29, 1.82) is 0 Å². The van der Waals surface area contributed by atoms with E-state index in [0.29, 0.717) is 11.6 Å². The zero-order valence-corrected chi connectivity index (χ0v) is 11.5. The molecule has 0 heterocycles. The molecule has 0 aliphatic carbocycles. The van der Waals surface area contributed by atoms with Gasteiger partial charge in [0.15, 0.2) is 0 Å². The van der Waals surface area contributed by atoms with Gasteiger partial charge >= 0.3 is 0 Å². The molecule has 0 amide bonds. The lowest BCUT2D eigenvalue weighted by Gasteiger charge is -2.23. The number of rotatable bonds is 7. The fraction of sp³-hybridized carbons (Fsp3) is 0.600. The van der Waals surface area contributed by atoms with E-state index in [4.69, 9.17) is 0 Å². The van der Waals surface area contributed by atoms with E-state index in [1.807, 2.05) is 6.92 Å². The third-order valence-corrected chi connectivity index (χ3v) is 3.18. The topological polar surface area (TPSA) is 12.0 Å². The molecule has 0 aliphatic heterocycles. The zero-order chi connectivity index (χ0) is 13.5. The zero-order valence-electron chi connectivity index (χ0n) is 11.5. The molecule has 0 saturated heterocycles. The van der Waals surface area contributed by atoms with E-state index in [2.05, 4.69) is 19.2 Å². The summed E-state index contributed by atoms with van der Waals surface area (Å²) in [5.74, 6) is -0.731. The minimum atomic E-state index is -0.386. The average molecular weight is 255 g/mol. The molecule has 1 atom stereocenters. The van der Waals surface area contributed by atoms with E-state index in [1.165, 1.54) is 12.1 Å². The van der Waals surface area contributed by atoms with Crippen molar-refractivity contribution < 1.29 is 8.78 Å². The molecule has 1 N–H and O–H groups in total. The standard InChI is InChI=1S/C15H23F2N/c1-4-6-13(7-5-2)18-11(3)14-10-12(16)8-9-15(14)17/h8-11,13,18H,4-7H2,1-3H3. The lowest BCUT2D eigenvalue weighted by Crippen LogP contribution is -2.31. The third kappa shape index (κ3) is 4.37. The highest BCUT2D eigenvalue weighted by Crippen LogP contribution is 2.20. The van der Waals surface area contributed by atoms with Gasteiger partial charge in [0.2, 0.25) is 0 Å². The van der Waals surface area contributed by atoms with Gasteiger partial charge in [0, 0.05) is 17.6 Å². The Balaban J connectivity index is 2.73. The van der Waals surface area contributed by atoms with Gasteiger partial charge in [-0.1, -0.05) is 26.7 Å². The van der Waals surface area contributed by atoms with Crippen LogP contribution in [0.3, 0.4) is 0 Å². The Morgan fingerprint density at radius 3 is 2.28 bits per heavy atom. The normalized spacial score (nSPS) is 13.0. The quantitative estimate of drug-likeness (QED) is 0.751. The summed E-state index contributed by atoms with van der Waals surface area (Å²) in [4.78, 5) is 0. The van der Waals surface area contributed by atoms with Crippen LogP contribution in [-0.2, 0) is 0 Å². The Bertz CT molecular complexity index is 360. The molecule has 1 unspecified atom stereocenters. The first kappa shape index (κ1) is 15.1. The molecular formula is C15H23F2N. The molecule has 1 nitrogen and oxygen atoms in total. The number of hydrogen-bond donors (Lipinski definition) is 1. The molecule has 0 aliphatic rings. The maximum atomic E-state index is 13.6. The van der Waals surface area contributed by atoms with Gasteiger partial charge in [-0.05, 0) is 38.0 Å². The Morgan fingerprint density at radius 2 is 1.72 bits per heavy atom. The monoisotopic (exact) mass is 255 g/mol. The van der Waals surface area contributed by atoms with Gasteiger partial charge in [-0.25, -0.2) is 8.78 Å². The van der Waals surface area contributed by atoms with Crippen LogP contribution in [0.1, 0.15) is 58.1 Å². The van der Waals surface area contributed by atoms with Crippen LogP contribution < -0.4 is 5.32 Å². The summed E-state index contributed by atoms with van der Waals surface area (Å²) in [5.41, 5.74) is 0.409. The predicted molar refractivity (Wildman–Crippen MR) is 71.5 cm³/mol. The Morgan fingerprint density at radius 1 is 1.11 bits per heavy atom. The third-order valence-electron chi connectivity index (χ3n) is 3.18. The Hall–Kier alpha value is -0.960. The number of nitrogens with one attached hydrogen (secondary N) is 1. The van der Waals surface area contributed by atoms with Gasteiger partial charge in [0.05, 0.1) is 0 Å². The van der Waals surface area contributed by atoms with Gasteiger partial charge in [-0.2, -0.15) is 0 Å². The second-order valence-electron chi connectivity index (χ2n) is 4.83. The van der Waals surface area contributed by atoms with Crippen molar-refractivity contribution in [3.05, 3.63) is 35.4 Å². The van der Waals surface area contributed by atoms with Crippen molar-refractivity contribution in [2.75, 3.05) is 0 Å². The van der Waals surface area contributed by atoms with Crippen LogP contribution in [0.2, 0.25) is 0 Å². The highest BCUT2D eigenvalue weighted by Gasteiger charge is 2.15. The van der Waals surface area contributed by atoms with E-state index in [1.54, 1.807) is 0 Å². The largest absolute Gasteiger partial charge is 0.307 e. The highest BCUT2D eigenvalue weighted by molar-refractivity contribution is 5.21. The van der Waals surface area contributed by atoms with Crippen LogP contribution in [0.5, 0.6) is 0 Å². The van der Waals surface area contributed by atoms with Crippen LogP contribution in [0, 0.1) is 11.6 Å². The molecule has 1 rings (SSSR count). The summed E-state index contributed by atoms with van der Waals surface area (Å²) in [6.45, 7) is 6.16. The second kappa shape index (κ2) is 7.47. The molecule has 1 aromatic rings. The summed E-state index contributed by atoms with van der Waals surface area (Å²) in [6, 6.07) is 3.84. The Kier molecular flexibility index (Phi) is 6.27. The summed E-state index contributed by atoms with van der Waals surface area (Å²) in [5, 5.41) is 3.40. The van der Waals surface area contributed by atoms with Gasteiger partial charge in [-0.15, -0.1) is 0 Å². The summed E-state index contributed by atoms with van der Waals surface area (Å²) < 4.78 is 26.8. The van der Waals surface area contributed by atoms with Gasteiger partial charge in [-0.3, -0.25) is 0 Å². The van der Waals surface area contributed by atoms with Crippen LogP contribution in [0.15, 0.2) is 18.2 Å². The molecule has 0 fully saturated rings. The van der Waals surface area contributed by atoms with E-state index in [-0.39, 0.29) is 17.7 Å². The van der Waals surface area contributed by atoms with Crippen LogP contribution in [0.25, 0.3) is 0 Å². The fourth-order valence-electron chi connectivity index (χ4n) is 2.30. The van der Waals surface area contributed by atoms with Crippen molar-refractivity contribution in [3.63, 3.8) is 0 Å². The molecule has 0 saturated carbocycles. The predicted octanol–water partition coefficient (Wildman–Crippen LogP) is 4.58. The van der Waals surface area contributed by atoms with Crippen LogP contribution in [0.4, 0.5) is 8.78 Å². The maximum absolute atomic E-state index is 13.6. The van der Waals surface area contributed by atoms with Gasteiger partial charge in [0.25, 0.3) is 0 Å². The van der Waals surface area contributed by atoms with E-state index in [0.717, 1.165) is 31.7 Å². The summed E-state index contributed by atoms with van der Waals surface area (Å²) >= 11 is 0.